The van der Waals surface area contributed by atoms with Crippen LogP contribution in [0.4, 0.5) is 10.5 Å². The van der Waals surface area contributed by atoms with Crippen LogP contribution in [-0.2, 0) is 4.74 Å². The molecule has 1 fully saturated rings. The Morgan fingerprint density at radius 1 is 1.18 bits per heavy atom. The lowest BCUT2D eigenvalue weighted by atomic mass is 10.3. The van der Waals surface area contributed by atoms with Gasteiger partial charge in [-0.05, 0) is 18.6 Å². The highest BCUT2D eigenvalue weighted by Gasteiger charge is 2.21. The third-order valence-corrected chi connectivity index (χ3v) is 3.83. The van der Waals surface area contributed by atoms with E-state index >= 15 is 0 Å². The Bertz CT molecular complexity index is 473. The number of amides is 2. The number of hydrogen-bond donors (Lipinski definition) is 1. The Balaban J connectivity index is 1.80. The van der Waals surface area contributed by atoms with Crippen molar-refractivity contribution in [3.05, 3.63) is 24.3 Å². The van der Waals surface area contributed by atoms with Crippen molar-refractivity contribution in [1.82, 2.24) is 9.80 Å². The quantitative estimate of drug-likeness (QED) is 0.815. The molecule has 1 heterocycles. The van der Waals surface area contributed by atoms with Gasteiger partial charge < -0.3 is 19.7 Å². The minimum Gasteiger partial charge on any atom is -0.495 e. The molecule has 22 heavy (non-hydrogen) atoms. The van der Waals surface area contributed by atoms with Gasteiger partial charge in [0, 0.05) is 46.4 Å². The first-order valence-electron chi connectivity index (χ1n) is 7.65. The van der Waals surface area contributed by atoms with Crippen LogP contribution in [0.1, 0.15) is 6.42 Å². The summed E-state index contributed by atoms with van der Waals surface area (Å²) >= 11 is 0. The maximum absolute atomic E-state index is 12.3. The number of carbonyl (C=O) groups excluding carboxylic acids is 1. The first-order chi connectivity index (χ1) is 10.7. The first kappa shape index (κ1) is 16.6. The molecule has 2 amide bonds. The molecular weight excluding hydrogens is 282 g/mol. The summed E-state index contributed by atoms with van der Waals surface area (Å²) in [7, 11) is 3.32. The summed E-state index contributed by atoms with van der Waals surface area (Å²) in [4.78, 5) is 16.5. The lowest BCUT2D eigenvalue weighted by molar-refractivity contribution is 0.130. The van der Waals surface area contributed by atoms with Crippen molar-refractivity contribution in [1.29, 1.82) is 0 Å². The number of rotatable bonds is 6. The summed E-state index contributed by atoms with van der Waals surface area (Å²) in [6.07, 6.45) is 1.03. The Kier molecular flexibility index (Phi) is 6.48. The second-order valence-electron chi connectivity index (χ2n) is 5.31. The number of nitrogens with one attached hydrogen (secondary N) is 1. The largest absolute Gasteiger partial charge is 0.495 e. The molecule has 0 aliphatic carbocycles. The van der Waals surface area contributed by atoms with Gasteiger partial charge in [0.1, 0.15) is 5.75 Å². The number of hydrogen-bond acceptors (Lipinski definition) is 4. The standard InChI is InChI=1S/C16H25N3O3/c1-21-13-5-8-18-9-11-19(12-10-18)16(20)17-14-6-3-4-7-15(14)22-2/h3-4,6-7H,5,8-13H2,1-2H3,(H,17,20). The Hall–Kier alpha value is -1.79. The molecule has 1 aromatic carbocycles. The van der Waals surface area contributed by atoms with Crippen LogP contribution in [0.2, 0.25) is 0 Å². The first-order valence-corrected chi connectivity index (χ1v) is 7.65. The van der Waals surface area contributed by atoms with Crippen molar-refractivity contribution in [2.45, 2.75) is 6.42 Å². The Morgan fingerprint density at radius 2 is 1.91 bits per heavy atom. The molecule has 6 nitrogen and oxygen atoms in total. The maximum Gasteiger partial charge on any atom is 0.322 e. The molecule has 0 aromatic heterocycles. The van der Waals surface area contributed by atoms with Gasteiger partial charge in [-0.1, -0.05) is 12.1 Å². The van der Waals surface area contributed by atoms with Crippen molar-refractivity contribution in [2.24, 2.45) is 0 Å². The van der Waals surface area contributed by atoms with Crippen molar-refractivity contribution in [3.63, 3.8) is 0 Å². The fourth-order valence-electron chi connectivity index (χ4n) is 2.55. The van der Waals surface area contributed by atoms with Crippen LogP contribution in [0.5, 0.6) is 5.75 Å². The zero-order valence-electron chi connectivity index (χ0n) is 13.4. The van der Waals surface area contributed by atoms with Crippen molar-refractivity contribution < 1.29 is 14.3 Å². The molecular formula is C16H25N3O3. The number of urea groups is 1. The maximum atomic E-state index is 12.3. The summed E-state index contributed by atoms with van der Waals surface area (Å²) in [6, 6.07) is 7.38. The predicted molar refractivity (Wildman–Crippen MR) is 86.5 cm³/mol. The van der Waals surface area contributed by atoms with Gasteiger partial charge in [0.25, 0.3) is 0 Å². The van der Waals surface area contributed by atoms with E-state index in [1.807, 2.05) is 29.2 Å². The molecule has 1 aromatic rings. The smallest absolute Gasteiger partial charge is 0.322 e. The van der Waals surface area contributed by atoms with E-state index in [1.165, 1.54) is 0 Å². The third-order valence-electron chi connectivity index (χ3n) is 3.83. The predicted octanol–water partition coefficient (Wildman–Crippen LogP) is 1.88. The van der Waals surface area contributed by atoms with Crippen LogP contribution in [0.25, 0.3) is 0 Å². The molecule has 0 unspecified atom stereocenters. The van der Waals surface area contributed by atoms with Gasteiger partial charge in [-0.3, -0.25) is 4.90 Å². The number of carbonyl (C=O) groups is 1. The fraction of sp³-hybridized carbons (Fsp3) is 0.562. The van der Waals surface area contributed by atoms with Crippen LogP contribution in [-0.4, -0.2) is 69.4 Å². The molecule has 1 N–H and O–H groups in total. The zero-order valence-corrected chi connectivity index (χ0v) is 13.4. The number of piperazine rings is 1. The molecule has 0 spiro atoms. The molecule has 0 radical (unpaired) electrons. The molecule has 122 valence electrons. The van der Waals surface area contributed by atoms with Gasteiger partial charge in [-0.2, -0.15) is 0 Å². The second-order valence-corrected chi connectivity index (χ2v) is 5.31. The number of ether oxygens (including phenoxy) is 2. The molecule has 0 bridgehead atoms. The normalized spacial score (nSPS) is 15.6. The van der Waals surface area contributed by atoms with E-state index in [0.29, 0.717) is 11.4 Å². The number of benzene rings is 1. The van der Waals surface area contributed by atoms with E-state index in [4.69, 9.17) is 9.47 Å². The number of anilines is 1. The van der Waals surface area contributed by atoms with Crippen LogP contribution in [0, 0.1) is 0 Å². The van der Waals surface area contributed by atoms with Crippen molar-refractivity contribution >= 4 is 11.7 Å². The molecule has 0 atom stereocenters. The molecule has 2 rings (SSSR count). The minimum atomic E-state index is -0.0685. The van der Waals surface area contributed by atoms with E-state index in [0.717, 1.165) is 45.8 Å². The average molecular weight is 307 g/mol. The molecule has 1 aliphatic rings. The summed E-state index contributed by atoms with van der Waals surface area (Å²) in [5, 5.41) is 2.92. The summed E-state index contributed by atoms with van der Waals surface area (Å²) in [6.45, 7) is 5.11. The molecule has 6 heteroatoms. The SMILES string of the molecule is COCCCN1CCN(C(=O)Nc2ccccc2OC)CC1. The summed E-state index contributed by atoms with van der Waals surface area (Å²) < 4.78 is 10.3. The number of nitrogens with zero attached hydrogens (tertiary/aromatic N) is 2. The van der Waals surface area contributed by atoms with Crippen LogP contribution in [0.15, 0.2) is 24.3 Å². The summed E-state index contributed by atoms with van der Waals surface area (Å²) in [5.41, 5.74) is 0.706. The lowest BCUT2D eigenvalue weighted by Gasteiger charge is -2.34. The third kappa shape index (κ3) is 4.61. The highest BCUT2D eigenvalue weighted by molar-refractivity contribution is 5.91. The van der Waals surface area contributed by atoms with Gasteiger partial charge in [-0.15, -0.1) is 0 Å². The second kappa shape index (κ2) is 8.60. The van der Waals surface area contributed by atoms with E-state index in [-0.39, 0.29) is 6.03 Å². The van der Waals surface area contributed by atoms with Crippen molar-refractivity contribution in [2.75, 3.05) is 58.9 Å². The zero-order chi connectivity index (χ0) is 15.8. The van der Waals surface area contributed by atoms with Gasteiger partial charge in [0.2, 0.25) is 0 Å². The van der Waals surface area contributed by atoms with Gasteiger partial charge in [0.05, 0.1) is 12.8 Å². The molecule has 1 aliphatic heterocycles. The van der Waals surface area contributed by atoms with Gasteiger partial charge in [-0.25, -0.2) is 4.79 Å². The highest BCUT2D eigenvalue weighted by atomic mass is 16.5. The molecule has 1 saturated heterocycles. The Morgan fingerprint density at radius 3 is 2.59 bits per heavy atom. The number of para-hydroxylation sites is 2. The highest BCUT2D eigenvalue weighted by Crippen LogP contribution is 2.23. The monoisotopic (exact) mass is 307 g/mol. The van der Waals surface area contributed by atoms with Gasteiger partial charge in [0.15, 0.2) is 0 Å². The lowest BCUT2D eigenvalue weighted by Crippen LogP contribution is -2.50. The van der Waals surface area contributed by atoms with Gasteiger partial charge >= 0.3 is 6.03 Å². The van der Waals surface area contributed by atoms with Crippen LogP contribution < -0.4 is 10.1 Å². The Labute approximate surface area is 132 Å². The average Bonchev–Trinajstić information content (AvgIpc) is 2.56. The van der Waals surface area contributed by atoms with E-state index in [1.54, 1.807) is 14.2 Å². The number of methoxy groups -OCH3 is 2. The van der Waals surface area contributed by atoms with Crippen molar-refractivity contribution in [3.8, 4) is 5.75 Å². The fourth-order valence-corrected chi connectivity index (χ4v) is 2.55. The molecule has 0 saturated carbocycles. The van der Waals surface area contributed by atoms with Crippen LogP contribution in [0.3, 0.4) is 0 Å². The van der Waals surface area contributed by atoms with E-state index in [9.17, 15) is 4.79 Å². The van der Waals surface area contributed by atoms with E-state index < -0.39 is 0 Å². The topological polar surface area (TPSA) is 54.0 Å². The van der Waals surface area contributed by atoms with E-state index in [2.05, 4.69) is 10.2 Å². The van der Waals surface area contributed by atoms with Crippen LogP contribution >= 0.6 is 0 Å². The summed E-state index contributed by atoms with van der Waals surface area (Å²) in [5.74, 6) is 0.675. The minimum absolute atomic E-state index is 0.0685.